The lowest BCUT2D eigenvalue weighted by molar-refractivity contribution is 0.390. The Labute approximate surface area is 134 Å². The summed E-state index contributed by atoms with van der Waals surface area (Å²) < 4.78 is 0. The van der Waals surface area contributed by atoms with Crippen molar-refractivity contribution in [1.82, 2.24) is 5.32 Å². The highest BCUT2D eigenvalue weighted by Crippen LogP contribution is 2.30. The number of benzene rings is 1. The van der Waals surface area contributed by atoms with Gasteiger partial charge in [-0.3, -0.25) is 0 Å². The van der Waals surface area contributed by atoms with Crippen LogP contribution in [-0.2, 0) is 6.54 Å². The van der Waals surface area contributed by atoms with E-state index in [9.17, 15) is 0 Å². The first kappa shape index (κ1) is 16.6. The molecule has 3 heteroatoms. The van der Waals surface area contributed by atoms with Crippen molar-refractivity contribution in [3.8, 4) is 0 Å². The lowest BCUT2D eigenvalue weighted by Gasteiger charge is -2.38. The normalized spacial score (nSPS) is 23.4. The van der Waals surface area contributed by atoms with Gasteiger partial charge in [-0.15, -0.1) is 0 Å². The Morgan fingerprint density at radius 3 is 2.57 bits per heavy atom. The van der Waals surface area contributed by atoms with Crippen LogP contribution in [0.5, 0.6) is 0 Å². The van der Waals surface area contributed by atoms with Gasteiger partial charge >= 0.3 is 0 Å². The van der Waals surface area contributed by atoms with Gasteiger partial charge in [0.25, 0.3) is 0 Å². The van der Waals surface area contributed by atoms with E-state index >= 15 is 0 Å². The monoisotopic (exact) mass is 308 g/mol. The van der Waals surface area contributed by atoms with E-state index in [1.807, 2.05) is 0 Å². The molecule has 21 heavy (non-hydrogen) atoms. The van der Waals surface area contributed by atoms with Crippen molar-refractivity contribution in [3.63, 3.8) is 0 Å². The third kappa shape index (κ3) is 4.62. The number of hydrogen-bond donors (Lipinski definition) is 1. The minimum absolute atomic E-state index is 0.110. The fourth-order valence-electron chi connectivity index (χ4n) is 2.87. The Hall–Kier alpha value is -0.730. The predicted octanol–water partition coefficient (Wildman–Crippen LogP) is 4.85. The Bertz CT molecular complexity index is 479. The van der Waals surface area contributed by atoms with E-state index in [0.717, 1.165) is 24.0 Å². The van der Waals surface area contributed by atoms with Crippen LogP contribution in [0.15, 0.2) is 18.2 Å². The van der Waals surface area contributed by atoms with E-state index in [2.05, 4.69) is 63.0 Å². The first-order valence-corrected chi connectivity index (χ1v) is 8.44. The van der Waals surface area contributed by atoms with Crippen LogP contribution >= 0.6 is 11.6 Å². The van der Waals surface area contributed by atoms with E-state index in [4.69, 9.17) is 11.6 Å². The van der Waals surface area contributed by atoms with Crippen LogP contribution in [0.1, 0.15) is 53.0 Å². The van der Waals surface area contributed by atoms with Crippen LogP contribution in [-0.4, -0.2) is 18.1 Å². The van der Waals surface area contributed by atoms with E-state index in [0.29, 0.717) is 6.04 Å². The molecule has 0 bridgehead atoms. The highest BCUT2D eigenvalue weighted by atomic mass is 35.5. The van der Waals surface area contributed by atoms with Crippen LogP contribution in [0.25, 0.3) is 0 Å². The Kier molecular flexibility index (Phi) is 5.21. The molecule has 1 aliphatic rings. The number of hydrogen-bond acceptors (Lipinski definition) is 2. The highest BCUT2D eigenvalue weighted by molar-refractivity contribution is 6.31. The summed E-state index contributed by atoms with van der Waals surface area (Å²) in [5.41, 5.74) is 2.55. The quantitative estimate of drug-likeness (QED) is 0.858. The first-order valence-electron chi connectivity index (χ1n) is 8.06. The van der Waals surface area contributed by atoms with E-state index in [1.54, 1.807) is 0 Å². The second-order valence-electron chi connectivity index (χ2n) is 7.56. The van der Waals surface area contributed by atoms with Crippen molar-refractivity contribution in [2.45, 2.75) is 65.6 Å². The Morgan fingerprint density at radius 1 is 1.24 bits per heavy atom. The molecule has 118 valence electrons. The first-order chi connectivity index (χ1) is 9.76. The maximum absolute atomic E-state index is 6.49. The summed E-state index contributed by atoms with van der Waals surface area (Å²) in [5.74, 6) is 0.766. The van der Waals surface area contributed by atoms with E-state index in [1.165, 1.54) is 24.1 Å². The van der Waals surface area contributed by atoms with Gasteiger partial charge in [0.05, 0.1) is 0 Å². The van der Waals surface area contributed by atoms with Gasteiger partial charge in [0.1, 0.15) is 0 Å². The number of nitrogens with zero attached hydrogens (tertiary/aromatic N) is 1. The zero-order chi connectivity index (χ0) is 15.6. The van der Waals surface area contributed by atoms with Crippen molar-refractivity contribution in [2.24, 2.45) is 5.92 Å². The second kappa shape index (κ2) is 6.58. The largest absolute Gasteiger partial charge is 0.369 e. The number of nitrogens with one attached hydrogen (secondary N) is 1. The Balaban J connectivity index is 2.11. The summed E-state index contributed by atoms with van der Waals surface area (Å²) in [4.78, 5) is 2.50. The van der Waals surface area contributed by atoms with Crippen LogP contribution in [0.3, 0.4) is 0 Å². The SMILES string of the molecule is CC1CCC(C)N(c2ccc(CNC(C)(C)C)c(Cl)c2)C1. The molecule has 0 aromatic heterocycles. The molecule has 2 unspecified atom stereocenters. The summed E-state index contributed by atoms with van der Waals surface area (Å²) in [6.45, 7) is 13.1. The molecule has 1 fully saturated rings. The molecular weight excluding hydrogens is 280 g/mol. The van der Waals surface area contributed by atoms with Crippen molar-refractivity contribution in [1.29, 1.82) is 0 Å². The number of rotatable bonds is 3. The van der Waals surface area contributed by atoms with Gasteiger partial charge in [-0.05, 0) is 64.2 Å². The third-order valence-corrected chi connectivity index (χ3v) is 4.65. The number of piperidine rings is 1. The fourth-order valence-corrected chi connectivity index (χ4v) is 3.11. The maximum atomic E-state index is 6.49. The van der Waals surface area contributed by atoms with Crippen LogP contribution < -0.4 is 10.2 Å². The summed E-state index contributed by atoms with van der Waals surface area (Å²) in [7, 11) is 0. The second-order valence-corrected chi connectivity index (χ2v) is 7.97. The average Bonchev–Trinajstić information content (AvgIpc) is 2.39. The molecule has 1 aromatic carbocycles. The van der Waals surface area contributed by atoms with Gasteiger partial charge in [-0.2, -0.15) is 0 Å². The number of halogens is 1. The zero-order valence-corrected chi connectivity index (χ0v) is 14.8. The van der Waals surface area contributed by atoms with E-state index in [-0.39, 0.29) is 5.54 Å². The average molecular weight is 309 g/mol. The molecule has 2 nitrogen and oxygen atoms in total. The summed E-state index contributed by atoms with van der Waals surface area (Å²) in [6, 6.07) is 7.13. The minimum Gasteiger partial charge on any atom is -0.369 e. The molecule has 2 rings (SSSR count). The third-order valence-electron chi connectivity index (χ3n) is 4.30. The van der Waals surface area contributed by atoms with Crippen molar-refractivity contribution >= 4 is 17.3 Å². The van der Waals surface area contributed by atoms with Gasteiger partial charge in [0, 0.05) is 35.4 Å². The highest BCUT2D eigenvalue weighted by Gasteiger charge is 2.23. The molecule has 1 saturated heterocycles. The molecule has 0 aliphatic carbocycles. The molecule has 2 atom stereocenters. The molecule has 1 N–H and O–H groups in total. The fraction of sp³-hybridized carbons (Fsp3) is 0.667. The molecule has 0 amide bonds. The zero-order valence-electron chi connectivity index (χ0n) is 14.0. The summed E-state index contributed by atoms with van der Waals surface area (Å²) in [6.07, 6.45) is 2.60. The predicted molar refractivity (Wildman–Crippen MR) is 93.3 cm³/mol. The maximum Gasteiger partial charge on any atom is 0.0471 e. The lowest BCUT2D eigenvalue weighted by Crippen LogP contribution is -2.41. The molecule has 0 radical (unpaired) electrons. The van der Waals surface area contributed by atoms with Crippen LogP contribution in [0.4, 0.5) is 5.69 Å². The minimum atomic E-state index is 0.110. The van der Waals surface area contributed by atoms with Crippen molar-refractivity contribution < 1.29 is 0 Å². The molecule has 1 aliphatic heterocycles. The standard InChI is InChI=1S/C18H29ClN2/c1-13-6-7-14(2)21(12-13)16-9-8-15(17(19)10-16)11-20-18(3,4)5/h8-10,13-14,20H,6-7,11-12H2,1-5H3. The molecule has 1 aromatic rings. The van der Waals surface area contributed by atoms with Gasteiger partial charge in [0.2, 0.25) is 0 Å². The smallest absolute Gasteiger partial charge is 0.0471 e. The summed E-state index contributed by atoms with van der Waals surface area (Å²) in [5, 5.41) is 4.37. The van der Waals surface area contributed by atoms with Crippen molar-refractivity contribution in [3.05, 3.63) is 28.8 Å². The van der Waals surface area contributed by atoms with Gasteiger partial charge < -0.3 is 10.2 Å². The summed E-state index contributed by atoms with van der Waals surface area (Å²) >= 11 is 6.49. The van der Waals surface area contributed by atoms with Gasteiger partial charge in [0.15, 0.2) is 0 Å². The number of anilines is 1. The van der Waals surface area contributed by atoms with Crippen LogP contribution in [0.2, 0.25) is 5.02 Å². The Morgan fingerprint density at radius 2 is 1.95 bits per heavy atom. The molecule has 0 saturated carbocycles. The van der Waals surface area contributed by atoms with Crippen molar-refractivity contribution in [2.75, 3.05) is 11.4 Å². The van der Waals surface area contributed by atoms with Crippen LogP contribution in [0, 0.1) is 5.92 Å². The van der Waals surface area contributed by atoms with E-state index < -0.39 is 0 Å². The molecule has 0 spiro atoms. The molecular formula is C18H29ClN2. The van der Waals surface area contributed by atoms with Gasteiger partial charge in [-0.1, -0.05) is 24.6 Å². The lowest BCUT2D eigenvalue weighted by atomic mass is 9.94. The topological polar surface area (TPSA) is 15.3 Å². The van der Waals surface area contributed by atoms with Gasteiger partial charge in [-0.25, -0.2) is 0 Å². The molecule has 1 heterocycles.